The summed E-state index contributed by atoms with van der Waals surface area (Å²) in [4.78, 5) is 2.89. The molecule has 0 atom stereocenters. The molecule has 0 bridgehead atoms. The van der Waals surface area contributed by atoms with E-state index in [1.54, 1.807) is 0 Å². The number of anilines is 1. The van der Waals surface area contributed by atoms with Crippen molar-refractivity contribution in [3.63, 3.8) is 0 Å². The molecule has 0 saturated heterocycles. The van der Waals surface area contributed by atoms with Crippen LogP contribution in [0.5, 0.6) is 0 Å². The van der Waals surface area contributed by atoms with E-state index in [0.717, 1.165) is 23.5 Å². The maximum absolute atomic E-state index is 5.42. The molecule has 0 amide bonds. The number of hydrogen-bond donors (Lipinski definition) is 1. The molecule has 2 aromatic carbocycles. The van der Waals surface area contributed by atoms with Gasteiger partial charge in [0, 0.05) is 31.9 Å². The van der Waals surface area contributed by atoms with Crippen LogP contribution in [-0.2, 0) is 6.42 Å². The molecule has 1 N–H and O–H groups in total. The van der Waals surface area contributed by atoms with Gasteiger partial charge in [-0.15, -0.1) is 0 Å². The summed E-state index contributed by atoms with van der Waals surface area (Å²) in [5.41, 5.74) is 3.57. The molecule has 3 heteroatoms. The van der Waals surface area contributed by atoms with E-state index in [4.69, 9.17) is 12.2 Å². The second-order valence-electron chi connectivity index (χ2n) is 4.93. The van der Waals surface area contributed by atoms with E-state index in [1.165, 1.54) is 11.3 Å². The lowest BCUT2D eigenvalue weighted by molar-refractivity contribution is 0.875. The van der Waals surface area contributed by atoms with Crippen LogP contribution >= 0.6 is 12.2 Å². The van der Waals surface area contributed by atoms with Crippen molar-refractivity contribution in [2.75, 3.05) is 25.5 Å². The van der Waals surface area contributed by atoms with Crippen molar-refractivity contribution >= 4 is 22.9 Å². The largest absolute Gasteiger partial charge is 0.378 e. The average Bonchev–Trinajstić information content (AvgIpc) is 2.48. The molecule has 0 saturated carbocycles. The van der Waals surface area contributed by atoms with Crippen LogP contribution < -0.4 is 10.2 Å². The highest BCUT2D eigenvalue weighted by Gasteiger charge is 2.01. The van der Waals surface area contributed by atoms with E-state index >= 15 is 0 Å². The number of benzene rings is 2. The molecule has 0 spiro atoms. The Labute approximate surface area is 126 Å². The summed E-state index contributed by atoms with van der Waals surface area (Å²) in [6.45, 7) is 0.859. The Bertz CT molecular complexity index is 547. The van der Waals surface area contributed by atoms with Gasteiger partial charge in [-0.2, -0.15) is 0 Å². The van der Waals surface area contributed by atoms with Gasteiger partial charge < -0.3 is 10.2 Å². The summed E-state index contributed by atoms with van der Waals surface area (Å²) < 4.78 is 0. The molecule has 0 unspecified atom stereocenters. The van der Waals surface area contributed by atoms with Crippen molar-refractivity contribution in [2.45, 2.75) is 6.42 Å². The summed E-state index contributed by atoms with van der Waals surface area (Å²) in [6, 6.07) is 18.7. The molecule has 2 aromatic rings. The molecule has 0 heterocycles. The van der Waals surface area contributed by atoms with Gasteiger partial charge in [-0.05, 0) is 36.2 Å². The fourth-order valence-corrected chi connectivity index (χ4v) is 2.22. The molecule has 0 aliphatic carbocycles. The van der Waals surface area contributed by atoms with Crippen LogP contribution in [0.4, 0.5) is 5.69 Å². The first-order chi connectivity index (χ1) is 9.66. The molecule has 2 nitrogen and oxygen atoms in total. The Hall–Kier alpha value is -1.87. The zero-order valence-electron chi connectivity index (χ0n) is 12.0. The third kappa shape index (κ3) is 4.07. The molecule has 2 rings (SSSR count). The van der Waals surface area contributed by atoms with Gasteiger partial charge in [-0.25, -0.2) is 0 Å². The van der Waals surface area contributed by atoms with Crippen molar-refractivity contribution in [3.05, 3.63) is 65.7 Å². The fraction of sp³-hybridized carbons (Fsp3) is 0.235. The van der Waals surface area contributed by atoms with Crippen LogP contribution in [0.2, 0.25) is 0 Å². The van der Waals surface area contributed by atoms with Gasteiger partial charge in [0.25, 0.3) is 0 Å². The molecular formula is C17H20N2S. The van der Waals surface area contributed by atoms with E-state index in [9.17, 15) is 0 Å². The molecule has 0 aromatic heterocycles. The predicted molar refractivity (Wildman–Crippen MR) is 90.6 cm³/mol. The molecule has 0 aliphatic heterocycles. The number of nitrogens with zero attached hydrogens (tertiary/aromatic N) is 1. The van der Waals surface area contributed by atoms with Crippen LogP contribution in [0.15, 0.2) is 54.6 Å². The predicted octanol–water partition coefficient (Wildman–Crippen LogP) is 3.26. The van der Waals surface area contributed by atoms with Crippen LogP contribution in [-0.4, -0.2) is 25.6 Å². The Morgan fingerprint density at radius 2 is 1.65 bits per heavy atom. The van der Waals surface area contributed by atoms with E-state index in [-0.39, 0.29) is 0 Å². The van der Waals surface area contributed by atoms with Crippen molar-refractivity contribution in [3.8, 4) is 0 Å². The zero-order valence-corrected chi connectivity index (χ0v) is 12.8. The normalized spacial score (nSPS) is 10.1. The fourth-order valence-electron chi connectivity index (χ4n) is 1.98. The maximum atomic E-state index is 5.42. The smallest absolute Gasteiger partial charge is 0.106 e. The second kappa shape index (κ2) is 7.06. The van der Waals surface area contributed by atoms with Gasteiger partial charge in [0.15, 0.2) is 0 Å². The van der Waals surface area contributed by atoms with Crippen molar-refractivity contribution in [2.24, 2.45) is 0 Å². The minimum Gasteiger partial charge on any atom is -0.378 e. The summed E-state index contributed by atoms with van der Waals surface area (Å²) in [7, 11) is 4.07. The summed E-state index contributed by atoms with van der Waals surface area (Å²) in [5, 5.41) is 3.31. The van der Waals surface area contributed by atoms with Gasteiger partial charge in [-0.3, -0.25) is 0 Å². The van der Waals surface area contributed by atoms with Crippen LogP contribution in [0.3, 0.4) is 0 Å². The number of hydrogen-bond acceptors (Lipinski definition) is 2. The first-order valence-corrected chi connectivity index (χ1v) is 7.17. The van der Waals surface area contributed by atoms with Crippen LogP contribution in [0.25, 0.3) is 0 Å². The lowest BCUT2D eigenvalue weighted by Crippen LogP contribution is -2.24. The topological polar surface area (TPSA) is 15.3 Å². The van der Waals surface area contributed by atoms with Crippen LogP contribution in [0, 0.1) is 0 Å². The van der Waals surface area contributed by atoms with E-state index in [1.807, 2.05) is 20.2 Å². The summed E-state index contributed by atoms with van der Waals surface area (Å²) >= 11 is 5.42. The minimum absolute atomic E-state index is 0.811. The van der Waals surface area contributed by atoms with Gasteiger partial charge in [0.1, 0.15) is 4.99 Å². The number of nitrogens with one attached hydrogen (secondary N) is 1. The van der Waals surface area contributed by atoms with Crippen molar-refractivity contribution in [1.82, 2.24) is 5.32 Å². The first-order valence-electron chi connectivity index (χ1n) is 6.76. The summed E-state index contributed by atoms with van der Waals surface area (Å²) in [5.74, 6) is 0. The Morgan fingerprint density at radius 1 is 1.00 bits per heavy atom. The Kier molecular flexibility index (Phi) is 5.13. The third-order valence-corrected chi connectivity index (χ3v) is 3.57. The highest BCUT2D eigenvalue weighted by Crippen LogP contribution is 2.12. The monoisotopic (exact) mass is 284 g/mol. The highest BCUT2D eigenvalue weighted by atomic mass is 32.1. The highest BCUT2D eigenvalue weighted by molar-refractivity contribution is 7.80. The van der Waals surface area contributed by atoms with Gasteiger partial charge >= 0.3 is 0 Å². The molecule has 20 heavy (non-hydrogen) atoms. The summed E-state index contributed by atoms with van der Waals surface area (Å²) in [6.07, 6.45) is 0.983. The standard InChI is InChI=1S/C17H20N2S/c1-19(2)16-10-8-15(9-11-16)17(20)18-13-12-14-6-4-3-5-7-14/h3-11H,12-13H2,1-2H3,(H,18,20). The quantitative estimate of drug-likeness (QED) is 0.848. The van der Waals surface area contributed by atoms with Crippen molar-refractivity contribution < 1.29 is 0 Å². The first kappa shape index (κ1) is 14.5. The number of rotatable bonds is 5. The van der Waals surface area contributed by atoms with Crippen LogP contribution in [0.1, 0.15) is 11.1 Å². The van der Waals surface area contributed by atoms with E-state index < -0.39 is 0 Å². The molecule has 0 radical (unpaired) electrons. The second-order valence-corrected chi connectivity index (χ2v) is 5.34. The maximum Gasteiger partial charge on any atom is 0.106 e. The van der Waals surface area contributed by atoms with E-state index in [2.05, 4.69) is 58.7 Å². The van der Waals surface area contributed by atoms with Gasteiger partial charge in [0.2, 0.25) is 0 Å². The Balaban J connectivity index is 1.85. The third-order valence-electron chi connectivity index (χ3n) is 3.19. The SMILES string of the molecule is CN(C)c1ccc(C(=S)NCCc2ccccc2)cc1. The van der Waals surface area contributed by atoms with Gasteiger partial charge in [-0.1, -0.05) is 42.5 Å². The molecule has 104 valence electrons. The lowest BCUT2D eigenvalue weighted by Gasteiger charge is -2.13. The van der Waals surface area contributed by atoms with E-state index in [0.29, 0.717) is 0 Å². The minimum atomic E-state index is 0.811. The average molecular weight is 284 g/mol. The van der Waals surface area contributed by atoms with Crippen molar-refractivity contribution in [1.29, 1.82) is 0 Å². The molecular weight excluding hydrogens is 264 g/mol. The zero-order chi connectivity index (χ0) is 14.4. The van der Waals surface area contributed by atoms with Gasteiger partial charge in [0.05, 0.1) is 0 Å². The molecule has 0 aliphatic rings. The molecule has 0 fully saturated rings. The lowest BCUT2D eigenvalue weighted by atomic mass is 10.1. The number of thiocarbonyl (C=S) groups is 1. The Morgan fingerprint density at radius 3 is 2.25 bits per heavy atom.